The van der Waals surface area contributed by atoms with E-state index in [1.807, 2.05) is 13.0 Å². The quantitative estimate of drug-likeness (QED) is 0.616. The van der Waals surface area contributed by atoms with Gasteiger partial charge in [0.2, 0.25) is 5.88 Å². The van der Waals surface area contributed by atoms with Crippen LogP contribution in [-0.2, 0) is 0 Å². The number of hydrogen-bond donors (Lipinski definition) is 2. The van der Waals surface area contributed by atoms with Gasteiger partial charge >= 0.3 is 5.69 Å². The predicted molar refractivity (Wildman–Crippen MR) is 105 cm³/mol. The molecule has 1 aromatic heterocycles. The minimum atomic E-state index is -0.742. The SMILES string of the molecule is Cc1cccc(-n2c(O)c(C=Nc3ccc(Br)cc3Cl)c(=O)[nH]c2=O)c1. The van der Waals surface area contributed by atoms with Crippen LogP contribution in [0.25, 0.3) is 5.69 Å². The van der Waals surface area contributed by atoms with Crippen LogP contribution in [0, 0.1) is 6.92 Å². The first kappa shape index (κ1) is 18.2. The summed E-state index contributed by atoms with van der Waals surface area (Å²) in [5.74, 6) is -0.499. The van der Waals surface area contributed by atoms with Gasteiger partial charge in [0.1, 0.15) is 5.56 Å². The van der Waals surface area contributed by atoms with Crippen LogP contribution < -0.4 is 11.2 Å². The number of aromatic hydroxyl groups is 1. The number of aromatic nitrogens is 2. The highest BCUT2D eigenvalue weighted by Gasteiger charge is 2.14. The van der Waals surface area contributed by atoms with Crippen molar-refractivity contribution in [2.75, 3.05) is 0 Å². The van der Waals surface area contributed by atoms with Gasteiger partial charge in [-0.25, -0.2) is 9.36 Å². The van der Waals surface area contributed by atoms with Crippen molar-refractivity contribution in [3.05, 3.63) is 83.9 Å². The van der Waals surface area contributed by atoms with E-state index >= 15 is 0 Å². The molecular weight excluding hydrogens is 422 g/mol. The smallest absolute Gasteiger partial charge is 0.335 e. The first-order chi connectivity index (χ1) is 12.4. The number of nitrogens with one attached hydrogen (secondary N) is 1. The lowest BCUT2D eigenvalue weighted by molar-refractivity contribution is 0.430. The number of benzene rings is 2. The largest absolute Gasteiger partial charge is 0.493 e. The zero-order valence-electron chi connectivity index (χ0n) is 13.5. The Hall–Kier alpha value is -2.64. The van der Waals surface area contributed by atoms with Gasteiger partial charge in [-0.05, 0) is 42.8 Å². The molecule has 0 aliphatic rings. The number of hydrogen-bond acceptors (Lipinski definition) is 4. The molecule has 0 atom stereocenters. The van der Waals surface area contributed by atoms with Crippen molar-refractivity contribution in [1.82, 2.24) is 9.55 Å². The molecule has 26 heavy (non-hydrogen) atoms. The Balaban J connectivity index is 2.14. The zero-order valence-corrected chi connectivity index (χ0v) is 15.9. The van der Waals surface area contributed by atoms with Crippen molar-refractivity contribution in [1.29, 1.82) is 0 Å². The summed E-state index contributed by atoms with van der Waals surface area (Å²) in [6, 6.07) is 12.0. The van der Waals surface area contributed by atoms with Gasteiger partial charge in [-0.15, -0.1) is 0 Å². The molecular formula is C18H13BrClN3O3. The summed E-state index contributed by atoms with van der Waals surface area (Å²) in [5.41, 5.74) is 0.120. The maximum absolute atomic E-state index is 12.2. The van der Waals surface area contributed by atoms with E-state index < -0.39 is 17.1 Å². The van der Waals surface area contributed by atoms with Crippen LogP contribution in [0.2, 0.25) is 5.02 Å². The zero-order chi connectivity index (χ0) is 18.8. The van der Waals surface area contributed by atoms with Crippen molar-refractivity contribution in [2.45, 2.75) is 6.92 Å². The van der Waals surface area contributed by atoms with E-state index in [0.29, 0.717) is 16.4 Å². The standard InChI is InChI=1S/C18H13BrClN3O3/c1-10-3-2-4-12(7-10)23-17(25)13(16(24)22-18(23)26)9-21-15-6-5-11(19)8-14(15)20/h2-9,25H,1H3,(H,22,24,26). The van der Waals surface area contributed by atoms with Crippen LogP contribution in [-0.4, -0.2) is 20.9 Å². The molecule has 2 aromatic carbocycles. The Labute approximate surface area is 161 Å². The third-order valence-corrected chi connectivity index (χ3v) is 4.42. The molecule has 0 aliphatic heterocycles. The minimum absolute atomic E-state index is 0.148. The maximum atomic E-state index is 12.2. The van der Waals surface area contributed by atoms with E-state index in [1.54, 1.807) is 36.4 Å². The number of rotatable bonds is 3. The molecule has 0 saturated heterocycles. The number of aliphatic imine (C=N–C) groups is 1. The number of aromatic amines is 1. The summed E-state index contributed by atoms with van der Waals surface area (Å²) in [5, 5.41) is 10.9. The van der Waals surface area contributed by atoms with E-state index in [0.717, 1.165) is 14.6 Å². The fraction of sp³-hybridized carbons (Fsp3) is 0.0556. The molecule has 0 amide bonds. The Morgan fingerprint density at radius 3 is 2.69 bits per heavy atom. The molecule has 0 saturated carbocycles. The predicted octanol–water partition coefficient (Wildman–Crippen LogP) is 3.71. The second kappa shape index (κ2) is 7.31. The highest BCUT2D eigenvalue weighted by Crippen LogP contribution is 2.28. The van der Waals surface area contributed by atoms with E-state index in [9.17, 15) is 14.7 Å². The van der Waals surface area contributed by atoms with Gasteiger partial charge in [0.25, 0.3) is 5.56 Å². The average Bonchev–Trinajstić information content (AvgIpc) is 2.56. The second-order valence-corrected chi connectivity index (χ2v) is 6.85. The third-order valence-electron chi connectivity index (χ3n) is 3.62. The molecule has 0 spiro atoms. The van der Waals surface area contributed by atoms with Crippen molar-refractivity contribution in [3.63, 3.8) is 0 Å². The van der Waals surface area contributed by atoms with Crippen LogP contribution in [0.1, 0.15) is 11.1 Å². The van der Waals surface area contributed by atoms with Gasteiger partial charge in [0.15, 0.2) is 0 Å². The molecule has 6 nitrogen and oxygen atoms in total. The molecule has 2 N–H and O–H groups in total. The minimum Gasteiger partial charge on any atom is -0.493 e. The van der Waals surface area contributed by atoms with Crippen LogP contribution >= 0.6 is 27.5 Å². The summed E-state index contributed by atoms with van der Waals surface area (Å²) < 4.78 is 1.80. The van der Waals surface area contributed by atoms with E-state index in [1.165, 1.54) is 6.21 Å². The topological polar surface area (TPSA) is 87.4 Å². The summed E-state index contributed by atoms with van der Waals surface area (Å²) in [6.45, 7) is 1.86. The summed E-state index contributed by atoms with van der Waals surface area (Å²) >= 11 is 9.39. The van der Waals surface area contributed by atoms with Crippen molar-refractivity contribution in [2.24, 2.45) is 4.99 Å². The van der Waals surface area contributed by atoms with E-state index in [-0.39, 0.29) is 5.56 Å². The molecule has 3 rings (SSSR count). The number of H-pyrrole nitrogens is 1. The molecule has 0 radical (unpaired) electrons. The van der Waals surface area contributed by atoms with Gasteiger partial charge in [-0.3, -0.25) is 14.8 Å². The molecule has 8 heteroatoms. The second-order valence-electron chi connectivity index (χ2n) is 5.52. The fourth-order valence-electron chi connectivity index (χ4n) is 2.38. The first-order valence-corrected chi connectivity index (χ1v) is 8.68. The first-order valence-electron chi connectivity index (χ1n) is 7.51. The van der Waals surface area contributed by atoms with Crippen LogP contribution in [0.3, 0.4) is 0 Å². The lowest BCUT2D eigenvalue weighted by Gasteiger charge is -2.10. The maximum Gasteiger partial charge on any atom is 0.335 e. The molecule has 0 bridgehead atoms. The van der Waals surface area contributed by atoms with Crippen LogP contribution in [0.15, 0.2) is 61.5 Å². The van der Waals surface area contributed by atoms with Gasteiger partial charge in [-0.1, -0.05) is 39.7 Å². The van der Waals surface area contributed by atoms with Crippen LogP contribution in [0.4, 0.5) is 5.69 Å². The number of aryl methyl sites for hydroxylation is 1. The van der Waals surface area contributed by atoms with Gasteiger partial charge in [0.05, 0.1) is 16.4 Å². The van der Waals surface area contributed by atoms with Crippen LogP contribution in [0.5, 0.6) is 5.88 Å². The molecule has 1 heterocycles. The number of nitrogens with zero attached hydrogens (tertiary/aromatic N) is 2. The Morgan fingerprint density at radius 1 is 1.23 bits per heavy atom. The summed E-state index contributed by atoms with van der Waals surface area (Å²) in [4.78, 5) is 30.6. The number of halogens is 2. The summed E-state index contributed by atoms with van der Waals surface area (Å²) in [7, 11) is 0. The highest BCUT2D eigenvalue weighted by molar-refractivity contribution is 9.10. The Kier molecular flexibility index (Phi) is 5.11. The molecule has 0 unspecified atom stereocenters. The highest BCUT2D eigenvalue weighted by atomic mass is 79.9. The Bertz CT molecular complexity index is 1140. The fourth-order valence-corrected chi connectivity index (χ4v) is 3.10. The molecule has 0 aliphatic carbocycles. The van der Waals surface area contributed by atoms with E-state index in [2.05, 4.69) is 25.9 Å². The third kappa shape index (κ3) is 3.63. The van der Waals surface area contributed by atoms with Gasteiger partial charge < -0.3 is 5.11 Å². The summed E-state index contributed by atoms with van der Waals surface area (Å²) in [6.07, 6.45) is 1.18. The van der Waals surface area contributed by atoms with Crippen molar-refractivity contribution in [3.8, 4) is 11.6 Å². The lowest BCUT2D eigenvalue weighted by atomic mass is 10.2. The van der Waals surface area contributed by atoms with Gasteiger partial charge in [0, 0.05) is 10.7 Å². The van der Waals surface area contributed by atoms with E-state index in [4.69, 9.17) is 11.6 Å². The Morgan fingerprint density at radius 2 is 2.00 bits per heavy atom. The van der Waals surface area contributed by atoms with Crippen molar-refractivity contribution >= 4 is 39.4 Å². The van der Waals surface area contributed by atoms with Gasteiger partial charge in [-0.2, -0.15) is 0 Å². The molecule has 132 valence electrons. The monoisotopic (exact) mass is 433 g/mol. The molecule has 0 fully saturated rings. The van der Waals surface area contributed by atoms with Crippen molar-refractivity contribution < 1.29 is 5.11 Å². The average molecular weight is 435 g/mol. The molecule has 3 aromatic rings. The normalized spacial score (nSPS) is 11.2. The lowest BCUT2D eigenvalue weighted by Crippen LogP contribution is -2.31.